The van der Waals surface area contributed by atoms with Crippen LogP contribution in [0, 0.1) is 5.82 Å². The fraction of sp³-hybridized carbons (Fsp3) is 0.381. The Morgan fingerprint density at radius 3 is 2.30 bits per heavy atom. The zero-order valence-electron chi connectivity index (χ0n) is 15.8. The summed E-state index contributed by atoms with van der Waals surface area (Å²) < 4.78 is 18.2. The van der Waals surface area contributed by atoms with Crippen molar-refractivity contribution < 1.29 is 13.9 Å². The summed E-state index contributed by atoms with van der Waals surface area (Å²) in [5.41, 5.74) is 2.06. The number of amides is 1. The van der Waals surface area contributed by atoms with Gasteiger partial charge in [-0.2, -0.15) is 0 Å². The molecule has 0 bridgehead atoms. The number of rotatable bonds is 6. The van der Waals surface area contributed by atoms with Crippen molar-refractivity contribution in [2.75, 3.05) is 38.2 Å². The van der Waals surface area contributed by atoms with Crippen LogP contribution in [0.1, 0.15) is 12.5 Å². The van der Waals surface area contributed by atoms with Crippen molar-refractivity contribution in [3.05, 3.63) is 59.9 Å². The Morgan fingerprint density at radius 2 is 1.70 bits per heavy atom. The van der Waals surface area contributed by atoms with Crippen LogP contribution < -0.4 is 15.0 Å². The van der Waals surface area contributed by atoms with E-state index in [0.717, 1.165) is 43.2 Å². The van der Waals surface area contributed by atoms with Gasteiger partial charge in [0.15, 0.2) is 0 Å². The molecular formula is C21H26FN3O2. The normalized spacial score (nSPS) is 16.0. The Bertz CT molecular complexity index is 741. The van der Waals surface area contributed by atoms with Crippen LogP contribution in [0.3, 0.4) is 0 Å². The van der Waals surface area contributed by atoms with Crippen molar-refractivity contribution in [2.24, 2.45) is 0 Å². The molecular weight excluding hydrogens is 345 g/mol. The number of nitrogens with zero attached hydrogens (tertiary/aromatic N) is 2. The van der Waals surface area contributed by atoms with E-state index < -0.39 is 0 Å². The number of carbonyl (C=O) groups excluding carboxylic acids is 1. The lowest BCUT2D eigenvalue weighted by Gasteiger charge is -2.38. The standard InChI is InChI=1S/C21H26FN3O2/c1-16(21(26)23-15-17-3-9-20(27-2)10-4-17)24-11-13-25(14-12-24)19-7-5-18(22)6-8-19/h3-10,16H,11-15H2,1-2H3,(H,23,26)/t16-/m1/s1. The number of ether oxygens (including phenoxy) is 1. The van der Waals surface area contributed by atoms with Gasteiger partial charge in [0.2, 0.25) is 5.91 Å². The summed E-state index contributed by atoms with van der Waals surface area (Å²) in [6, 6.07) is 14.1. The van der Waals surface area contributed by atoms with E-state index >= 15 is 0 Å². The lowest BCUT2D eigenvalue weighted by atomic mass is 10.1. The third-order valence-electron chi connectivity index (χ3n) is 5.06. The Balaban J connectivity index is 1.47. The van der Waals surface area contributed by atoms with Gasteiger partial charge >= 0.3 is 0 Å². The van der Waals surface area contributed by atoms with Crippen molar-refractivity contribution >= 4 is 11.6 Å². The van der Waals surface area contributed by atoms with E-state index in [1.807, 2.05) is 31.2 Å². The van der Waals surface area contributed by atoms with Crippen LogP contribution in [0.2, 0.25) is 0 Å². The summed E-state index contributed by atoms with van der Waals surface area (Å²) in [7, 11) is 1.63. The van der Waals surface area contributed by atoms with Crippen LogP contribution in [0.15, 0.2) is 48.5 Å². The molecule has 5 nitrogen and oxygen atoms in total. The second kappa shape index (κ2) is 8.86. The van der Waals surface area contributed by atoms with Gasteiger partial charge in [0, 0.05) is 38.4 Å². The molecule has 1 amide bonds. The lowest BCUT2D eigenvalue weighted by molar-refractivity contribution is -0.126. The Morgan fingerprint density at radius 1 is 1.07 bits per heavy atom. The Labute approximate surface area is 159 Å². The SMILES string of the molecule is COc1ccc(CNC(=O)[C@@H](C)N2CCN(c3ccc(F)cc3)CC2)cc1. The molecule has 0 radical (unpaired) electrons. The predicted octanol–water partition coefficient (Wildman–Crippen LogP) is 2.66. The fourth-order valence-corrected chi connectivity index (χ4v) is 3.27. The largest absolute Gasteiger partial charge is 0.497 e. The van der Waals surface area contributed by atoms with Crippen LogP contribution in [-0.4, -0.2) is 50.1 Å². The minimum Gasteiger partial charge on any atom is -0.497 e. The van der Waals surface area contributed by atoms with Gasteiger partial charge in [-0.1, -0.05) is 12.1 Å². The molecule has 1 aliphatic rings. The highest BCUT2D eigenvalue weighted by Crippen LogP contribution is 2.18. The zero-order chi connectivity index (χ0) is 19.2. The minimum atomic E-state index is -0.223. The van der Waals surface area contributed by atoms with Crippen molar-refractivity contribution in [1.29, 1.82) is 0 Å². The molecule has 27 heavy (non-hydrogen) atoms. The maximum atomic E-state index is 13.1. The Kier molecular flexibility index (Phi) is 6.29. The van der Waals surface area contributed by atoms with Gasteiger partial charge in [-0.05, 0) is 48.9 Å². The minimum absolute atomic E-state index is 0.0288. The van der Waals surface area contributed by atoms with E-state index in [0.29, 0.717) is 6.54 Å². The van der Waals surface area contributed by atoms with Crippen molar-refractivity contribution in [2.45, 2.75) is 19.5 Å². The van der Waals surface area contributed by atoms with Gasteiger partial charge in [0.25, 0.3) is 0 Å². The average molecular weight is 371 g/mol. The summed E-state index contributed by atoms with van der Waals surface area (Å²) in [6.45, 7) is 5.69. The molecule has 0 unspecified atom stereocenters. The first-order valence-electron chi connectivity index (χ1n) is 9.22. The molecule has 3 rings (SSSR count). The number of hydrogen-bond acceptors (Lipinski definition) is 4. The molecule has 1 saturated heterocycles. The monoisotopic (exact) mass is 371 g/mol. The van der Waals surface area contributed by atoms with Crippen molar-refractivity contribution in [1.82, 2.24) is 10.2 Å². The maximum Gasteiger partial charge on any atom is 0.237 e. The van der Waals surface area contributed by atoms with E-state index in [1.165, 1.54) is 12.1 Å². The highest BCUT2D eigenvalue weighted by molar-refractivity contribution is 5.81. The van der Waals surface area contributed by atoms with Crippen molar-refractivity contribution in [3.8, 4) is 5.75 Å². The topological polar surface area (TPSA) is 44.8 Å². The maximum absolute atomic E-state index is 13.1. The lowest BCUT2D eigenvalue weighted by Crippen LogP contribution is -2.53. The summed E-state index contributed by atoms with van der Waals surface area (Å²) in [4.78, 5) is 16.9. The van der Waals surface area contributed by atoms with Crippen LogP contribution in [-0.2, 0) is 11.3 Å². The van der Waals surface area contributed by atoms with E-state index in [9.17, 15) is 9.18 Å². The number of benzene rings is 2. The van der Waals surface area contributed by atoms with Gasteiger partial charge in [-0.15, -0.1) is 0 Å². The fourth-order valence-electron chi connectivity index (χ4n) is 3.27. The first-order chi connectivity index (χ1) is 13.1. The number of carbonyl (C=O) groups is 1. The first-order valence-corrected chi connectivity index (χ1v) is 9.22. The molecule has 0 saturated carbocycles. The summed E-state index contributed by atoms with van der Waals surface area (Å²) in [6.07, 6.45) is 0. The summed E-state index contributed by atoms with van der Waals surface area (Å²) >= 11 is 0. The van der Waals surface area contributed by atoms with Crippen LogP contribution >= 0.6 is 0 Å². The number of halogens is 1. The van der Waals surface area contributed by atoms with Gasteiger partial charge in [-0.25, -0.2) is 4.39 Å². The summed E-state index contributed by atoms with van der Waals surface area (Å²) in [5.74, 6) is 0.609. The third kappa shape index (κ3) is 4.98. The molecule has 1 aliphatic heterocycles. The quantitative estimate of drug-likeness (QED) is 0.848. The zero-order valence-corrected chi connectivity index (χ0v) is 15.8. The molecule has 144 valence electrons. The number of nitrogens with one attached hydrogen (secondary N) is 1. The molecule has 0 aliphatic carbocycles. The number of methoxy groups -OCH3 is 1. The number of hydrogen-bond donors (Lipinski definition) is 1. The average Bonchev–Trinajstić information content (AvgIpc) is 2.72. The van der Waals surface area contributed by atoms with Crippen LogP contribution in [0.4, 0.5) is 10.1 Å². The molecule has 1 fully saturated rings. The summed E-state index contributed by atoms with van der Waals surface area (Å²) in [5, 5.41) is 3.01. The highest BCUT2D eigenvalue weighted by Gasteiger charge is 2.25. The molecule has 0 spiro atoms. The first kappa shape index (κ1) is 19.2. The van der Waals surface area contributed by atoms with Gasteiger partial charge < -0.3 is 15.0 Å². The number of piperazine rings is 1. The van der Waals surface area contributed by atoms with Crippen LogP contribution in [0.5, 0.6) is 5.75 Å². The van der Waals surface area contributed by atoms with Gasteiger partial charge in [-0.3, -0.25) is 9.69 Å². The Hall–Kier alpha value is -2.60. The van der Waals surface area contributed by atoms with E-state index in [2.05, 4.69) is 15.1 Å². The predicted molar refractivity (Wildman–Crippen MR) is 104 cm³/mol. The van der Waals surface area contributed by atoms with Gasteiger partial charge in [0.1, 0.15) is 11.6 Å². The molecule has 2 aromatic carbocycles. The van der Waals surface area contributed by atoms with Crippen LogP contribution in [0.25, 0.3) is 0 Å². The molecule has 1 atom stereocenters. The molecule has 1 N–H and O–H groups in total. The second-order valence-electron chi connectivity index (χ2n) is 6.74. The van der Waals surface area contributed by atoms with E-state index in [4.69, 9.17) is 4.74 Å². The van der Waals surface area contributed by atoms with E-state index in [-0.39, 0.29) is 17.8 Å². The van der Waals surface area contributed by atoms with Gasteiger partial charge in [0.05, 0.1) is 13.2 Å². The number of anilines is 1. The highest BCUT2D eigenvalue weighted by atomic mass is 19.1. The molecule has 6 heteroatoms. The smallest absolute Gasteiger partial charge is 0.237 e. The second-order valence-corrected chi connectivity index (χ2v) is 6.74. The molecule has 1 heterocycles. The van der Waals surface area contributed by atoms with Crippen molar-refractivity contribution in [3.63, 3.8) is 0 Å². The van der Waals surface area contributed by atoms with E-state index in [1.54, 1.807) is 19.2 Å². The molecule has 0 aromatic heterocycles. The third-order valence-corrected chi connectivity index (χ3v) is 5.06. The molecule has 2 aromatic rings.